The lowest BCUT2D eigenvalue weighted by molar-refractivity contribution is -0.124. The number of H-pyrrole nitrogens is 1. The Bertz CT molecular complexity index is 1310. The first-order valence-corrected chi connectivity index (χ1v) is 11.6. The molecule has 34 heavy (non-hydrogen) atoms. The molecule has 5 nitrogen and oxygen atoms in total. The number of carbonyl (C=O) groups is 1. The van der Waals surface area contributed by atoms with Crippen LogP contribution in [0.25, 0.3) is 16.8 Å². The average molecular weight is 452 g/mol. The smallest absolute Gasteiger partial charge is 0.279 e. The van der Waals surface area contributed by atoms with Gasteiger partial charge in [0.15, 0.2) is 0 Å². The van der Waals surface area contributed by atoms with Gasteiger partial charge in [0.1, 0.15) is 0 Å². The van der Waals surface area contributed by atoms with E-state index in [0.717, 1.165) is 22.4 Å². The highest BCUT2D eigenvalue weighted by Crippen LogP contribution is 2.33. The summed E-state index contributed by atoms with van der Waals surface area (Å²) in [6.07, 6.45) is 0. The van der Waals surface area contributed by atoms with Crippen molar-refractivity contribution in [1.29, 1.82) is 0 Å². The molecule has 0 saturated carbocycles. The van der Waals surface area contributed by atoms with Crippen LogP contribution in [-0.2, 0) is 4.79 Å². The number of benzene rings is 3. The zero-order valence-corrected chi connectivity index (χ0v) is 19.8. The van der Waals surface area contributed by atoms with Gasteiger partial charge in [0.25, 0.3) is 11.5 Å². The van der Waals surface area contributed by atoms with Crippen LogP contribution in [0.15, 0.2) is 95.8 Å². The quantitative estimate of drug-likeness (QED) is 0.388. The molecule has 0 unspecified atom stereocenters. The van der Waals surface area contributed by atoms with Crippen molar-refractivity contribution in [3.8, 4) is 5.69 Å². The molecule has 3 aromatic carbocycles. The maximum Gasteiger partial charge on any atom is 0.279 e. The zero-order valence-electron chi connectivity index (χ0n) is 19.8. The van der Waals surface area contributed by atoms with E-state index in [0.29, 0.717) is 29.9 Å². The summed E-state index contributed by atoms with van der Waals surface area (Å²) in [5.41, 5.74) is 4.44. The number of aromatic nitrogens is 2. The van der Waals surface area contributed by atoms with Crippen molar-refractivity contribution in [2.45, 2.75) is 20.8 Å². The molecule has 0 fully saturated rings. The fourth-order valence-corrected chi connectivity index (χ4v) is 4.27. The lowest BCUT2D eigenvalue weighted by Gasteiger charge is -2.23. The molecule has 5 heteroatoms. The molecule has 0 aliphatic heterocycles. The van der Waals surface area contributed by atoms with Crippen molar-refractivity contribution in [3.63, 3.8) is 0 Å². The van der Waals surface area contributed by atoms with Crippen LogP contribution in [-0.4, -0.2) is 33.7 Å². The van der Waals surface area contributed by atoms with Gasteiger partial charge >= 0.3 is 0 Å². The topological polar surface area (TPSA) is 58.1 Å². The van der Waals surface area contributed by atoms with E-state index in [1.165, 1.54) is 4.68 Å². The van der Waals surface area contributed by atoms with Gasteiger partial charge in [-0.05, 0) is 44.0 Å². The van der Waals surface area contributed by atoms with Gasteiger partial charge in [0.2, 0.25) is 0 Å². The van der Waals surface area contributed by atoms with Gasteiger partial charge in [-0.2, -0.15) is 0 Å². The van der Waals surface area contributed by atoms with Crippen LogP contribution in [0, 0.1) is 6.92 Å². The molecule has 0 aliphatic carbocycles. The van der Waals surface area contributed by atoms with Gasteiger partial charge in [-0.3, -0.25) is 14.7 Å². The van der Waals surface area contributed by atoms with Gasteiger partial charge in [0, 0.05) is 24.4 Å². The number of likely N-dealkylation sites (N-methyl/N-ethyl adjacent to an activating group) is 1. The normalized spacial score (nSPS) is 10.7. The predicted octanol–water partition coefficient (Wildman–Crippen LogP) is 5.30. The minimum absolute atomic E-state index is 0.160. The number of aryl methyl sites for hydroxylation is 1. The van der Waals surface area contributed by atoms with Crippen LogP contribution in [0.4, 0.5) is 0 Å². The average Bonchev–Trinajstić information content (AvgIpc) is 3.18. The molecule has 1 amide bonds. The Balaban J connectivity index is 2.10. The molecular formula is C29H29N3O2. The first-order valence-electron chi connectivity index (χ1n) is 11.6. The molecular weight excluding hydrogens is 422 g/mol. The first-order chi connectivity index (χ1) is 16.6. The second kappa shape index (κ2) is 10.2. The highest BCUT2D eigenvalue weighted by Gasteiger charge is 2.29. The van der Waals surface area contributed by atoms with Crippen molar-refractivity contribution in [2.24, 2.45) is 0 Å². The number of hydrogen-bond donors (Lipinski definition) is 1. The lowest BCUT2D eigenvalue weighted by atomic mass is 9.88. The van der Waals surface area contributed by atoms with Gasteiger partial charge in [-0.25, -0.2) is 4.68 Å². The minimum Gasteiger partial charge on any atom is -0.339 e. The summed E-state index contributed by atoms with van der Waals surface area (Å²) in [5.74, 6) is -0.160. The van der Waals surface area contributed by atoms with Crippen molar-refractivity contribution in [1.82, 2.24) is 14.7 Å². The Hall–Kier alpha value is -4.12. The summed E-state index contributed by atoms with van der Waals surface area (Å²) in [7, 11) is 0. The summed E-state index contributed by atoms with van der Waals surface area (Å²) in [6, 6.07) is 29.0. The van der Waals surface area contributed by atoms with Gasteiger partial charge in [-0.15, -0.1) is 0 Å². The van der Waals surface area contributed by atoms with Crippen LogP contribution in [0.3, 0.4) is 0 Å². The van der Waals surface area contributed by atoms with Crippen LogP contribution in [0.1, 0.15) is 36.2 Å². The van der Waals surface area contributed by atoms with Gasteiger partial charge in [0.05, 0.1) is 16.8 Å². The molecule has 0 atom stereocenters. The molecule has 0 aliphatic rings. The van der Waals surface area contributed by atoms with E-state index in [1.807, 2.05) is 112 Å². The molecule has 4 aromatic rings. The Morgan fingerprint density at radius 1 is 0.794 bits per heavy atom. The van der Waals surface area contributed by atoms with Crippen LogP contribution < -0.4 is 5.56 Å². The highest BCUT2D eigenvalue weighted by molar-refractivity contribution is 6.29. The fourth-order valence-electron chi connectivity index (χ4n) is 4.27. The molecule has 0 saturated heterocycles. The molecule has 172 valence electrons. The minimum atomic E-state index is -0.247. The Morgan fingerprint density at radius 2 is 1.26 bits per heavy atom. The zero-order chi connectivity index (χ0) is 24.1. The van der Waals surface area contributed by atoms with Crippen molar-refractivity contribution < 1.29 is 4.79 Å². The summed E-state index contributed by atoms with van der Waals surface area (Å²) in [4.78, 5) is 29.6. The van der Waals surface area contributed by atoms with Crippen molar-refractivity contribution in [2.75, 3.05) is 13.1 Å². The largest absolute Gasteiger partial charge is 0.339 e. The maximum atomic E-state index is 14.1. The van der Waals surface area contributed by atoms with Crippen LogP contribution in [0.5, 0.6) is 0 Å². The number of rotatable bonds is 7. The number of amides is 1. The Morgan fingerprint density at radius 3 is 1.74 bits per heavy atom. The van der Waals surface area contributed by atoms with Gasteiger partial charge < -0.3 is 4.90 Å². The highest BCUT2D eigenvalue weighted by atomic mass is 16.2. The van der Waals surface area contributed by atoms with Gasteiger partial charge in [-0.1, -0.05) is 78.9 Å². The Kier molecular flexibility index (Phi) is 6.93. The maximum absolute atomic E-state index is 14.1. The second-order valence-corrected chi connectivity index (χ2v) is 8.05. The van der Waals surface area contributed by atoms with E-state index < -0.39 is 0 Å². The second-order valence-electron chi connectivity index (χ2n) is 8.05. The SMILES string of the molecule is CCN(CC)C(=O)C(=C(c1ccccc1)c1ccccc1)c1c(C)[nH]n(-c2ccccc2)c1=O. The summed E-state index contributed by atoms with van der Waals surface area (Å²) >= 11 is 0. The van der Waals surface area contributed by atoms with E-state index in [2.05, 4.69) is 5.10 Å². The first kappa shape index (κ1) is 23.1. The molecule has 0 radical (unpaired) electrons. The summed E-state index contributed by atoms with van der Waals surface area (Å²) < 4.78 is 1.51. The fraction of sp³-hybridized carbons (Fsp3) is 0.172. The number of carbonyl (C=O) groups excluding carboxylic acids is 1. The van der Waals surface area contributed by atoms with E-state index in [9.17, 15) is 9.59 Å². The number of nitrogens with zero attached hydrogens (tertiary/aromatic N) is 2. The number of aromatic amines is 1. The molecule has 1 N–H and O–H groups in total. The van der Waals surface area contributed by atoms with E-state index in [1.54, 1.807) is 4.90 Å². The van der Waals surface area contributed by atoms with E-state index in [-0.39, 0.29) is 11.5 Å². The summed E-state index contributed by atoms with van der Waals surface area (Å²) in [5, 5.41) is 3.20. The predicted molar refractivity (Wildman–Crippen MR) is 138 cm³/mol. The lowest BCUT2D eigenvalue weighted by Crippen LogP contribution is -2.33. The molecule has 1 heterocycles. The summed E-state index contributed by atoms with van der Waals surface area (Å²) in [6.45, 7) is 6.85. The van der Waals surface area contributed by atoms with Crippen LogP contribution in [0.2, 0.25) is 0 Å². The molecule has 1 aromatic heterocycles. The number of hydrogen-bond acceptors (Lipinski definition) is 2. The third-order valence-electron chi connectivity index (χ3n) is 5.98. The third kappa shape index (κ3) is 4.37. The third-order valence-corrected chi connectivity index (χ3v) is 5.98. The monoisotopic (exact) mass is 451 g/mol. The van der Waals surface area contributed by atoms with Crippen LogP contribution >= 0.6 is 0 Å². The molecule has 4 rings (SSSR count). The molecule has 0 spiro atoms. The van der Waals surface area contributed by atoms with E-state index >= 15 is 0 Å². The Labute approximate surface area is 200 Å². The molecule has 0 bridgehead atoms. The van der Waals surface area contributed by atoms with Crippen molar-refractivity contribution >= 4 is 17.1 Å². The van der Waals surface area contributed by atoms with Crippen molar-refractivity contribution in [3.05, 3.63) is 124 Å². The number of para-hydroxylation sites is 1. The van der Waals surface area contributed by atoms with E-state index in [4.69, 9.17) is 0 Å². The standard InChI is InChI=1S/C29H29N3O2/c1-4-31(5-2)28(33)27(25-21(3)30-32(29(25)34)24-19-13-8-14-20-24)26(22-15-9-6-10-16-22)23-17-11-7-12-18-23/h6-20,30H,4-5H2,1-3H3. The number of nitrogens with one attached hydrogen (secondary N) is 1.